The fraction of sp³-hybridized carbons (Fsp3) is 0.417. The van der Waals surface area contributed by atoms with Crippen LogP contribution in [0, 0.1) is 0 Å². The van der Waals surface area contributed by atoms with Crippen molar-refractivity contribution in [2.45, 2.75) is 32.0 Å². The average Bonchev–Trinajstić information content (AvgIpc) is 2.27. The van der Waals surface area contributed by atoms with Gasteiger partial charge in [0.2, 0.25) is 0 Å². The summed E-state index contributed by atoms with van der Waals surface area (Å²) in [6.07, 6.45) is -3.67. The van der Waals surface area contributed by atoms with Crippen LogP contribution >= 0.6 is 0 Å². The Morgan fingerprint density at radius 1 is 1.39 bits per heavy atom. The zero-order chi connectivity index (χ0) is 13.8. The third kappa shape index (κ3) is 3.65. The quantitative estimate of drug-likeness (QED) is 0.854. The summed E-state index contributed by atoms with van der Waals surface area (Å²) < 4.78 is 38.1. The number of aliphatic carboxylic acids is 1. The van der Waals surface area contributed by atoms with Crippen molar-refractivity contribution in [2.75, 3.05) is 5.32 Å². The zero-order valence-electron chi connectivity index (χ0n) is 9.79. The van der Waals surface area contributed by atoms with Crippen molar-refractivity contribution < 1.29 is 23.1 Å². The van der Waals surface area contributed by atoms with Crippen LogP contribution in [0.25, 0.3) is 0 Å². The van der Waals surface area contributed by atoms with Crippen LogP contribution in [0.5, 0.6) is 0 Å². The number of hydrogen-bond donors (Lipinski definition) is 2. The summed E-state index contributed by atoms with van der Waals surface area (Å²) in [5, 5.41) is 11.4. The molecule has 1 rings (SSSR count). The molecule has 0 radical (unpaired) electrons. The Hall–Kier alpha value is -1.72. The molecule has 0 amide bonds. The molecule has 0 aliphatic heterocycles. The SMILES string of the molecule is CCCC(Nc1ccccc1C(F)(F)F)C(=O)O. The van der Waals surface area contributed by atoms with E-state index in [1.807, 2.05) is 0 Å². The molecule has 0 bridgehead atoms. The molecular weight excluding hydrogens is 247 g/mol. The smallest absolute Gasteiger partial charge is 0.418 e. The Labute approximate surface area is 103 Å². The van der Waals surface area contributed by atoms with Gasteiger partial charge in [0, 0.05) is 5.69 Å². The Morgan fingerprint density at radius 2 is 2.00 bits per heavy atom. The van der Waals surface area contributed by atoms with E-state index in [-0.39, 0.29) is 12.1 Å². The van der Waals surface area contributed by atoms with E-state index in [4.69, 9.17) is 5.11 Å². The highest BCUT2D eigenvalue weighted by Crippen LogP contribution is 2.34. The van der Waals surface area contributed by atoms with Crippen LogP contribution in [-0.4, -0.2) is 17.1 Å². The van der Waals surface area contributed by atoms with Gasteiger partial charge in [-0.1, -0.05) is 25.5 Å². The molecule has 100 valence electrons. The van der Waals surface area contributed by atoms with Crippen molar-refractivity contribution in [3.05, 3.63) is 29.8 Å². The van der Waals surface area contributed by atoms with Crippen molar-refractivity contribution in [2.24, 2.45) is 0 Å². The first kappa shape index (κ1) is 14.3. The van der Waals surface area contributed by atoms with E-state index in [1.54, 1.807) is 6.92 Å². The van der Waals surface area contributed by atoms with E-state index in [0.29, 0.717) is 6.42 Å². The molecule has 0 fully saturated rings. The molecule has 0 saturated carbocycles. The lowest BCUT2D eigenvalue weighted by Gasteiger charge is -2.19. The van der Waals surface area contributed by atoms with Gasteiger partial charge in [0.25, 0.3) is 0 Å². The lowest BCUT2D eigenvalue weighted by molar-refractivity contribution is -0.139. The fourth-order valence-corrected chi connectivity index (χ4v) is 1.59. The molecule has 0 spiro atoms. The molecule has 2 N–H and O–H groups in total. The summed E-state index contributed by atoms with van der Waals surface area (Å²) >= 11 is 0. The van der Waals surface area contributed by atoms with E-state index < -0.39 is 23.8 Å². The van der Waals surface area contributed by atoms with Crippen LogP contribution in [0.3, 0.4) is 0 Å². The third-order valence-corrected chi connectivity index (χ3v) is 2.44. The summed E-state index contributed by atoms with van der Waals surface area (Å²) in [7, 11) is 0. The predicted octanol–water partition coefficient (Wildman–Crippen LogP) is 3.37. The average molecular weight is 261 g/mol. The van der Waals surface area contributed by atoms with Gasteiger partial charge in [0.05, 0.1) is 5.56 Å². The number of carboxylic acids is 1. The van der Waals surface area contributed by atoms with Crippen molar-refractivity contribution >= 4 is 11.7 Å². The molecule has 1 atom stereocenters. The molecule has 6 heteroatoms. The maximum Gasteiger partial charge on any atom is 0.418 e. The molecule has 3 nitrogen and oxygen atoms in total. The molecule has 0 aliphatic rings. The van der Waals surface area contributed by atoms with Gasteiger partial charge in [0.15, 0.2) is 0 Å². The molecule has 18 heavy (non-hydrogen) atoms. The van der Waals surface area contributed by atoms with Crippen LogP contribution in [0.4, 0.5) is 18.9 Å². The van der Waals surface area contributed by atoms with Crippen molar-refractivity contribution in [3.8, 4) is 0 Å². The van der Waals surface area contributed by atoms with Gasteiger partial charge >= 0.3 is 12.1 Å². The lowest BCUT2D eigenvalue weighted by Crippen LogP contribution is -2.30. The second-order valence-corrected chi connectivity index (χ2v) is 3.87. The van der Waals surface area contributed by atoms with E-state index in [1.165, 1.54) is 18.2 Å². The molecule has 1 aromatic rings. The fourth-order valence-electron chi connectivity index (χ4n) is 1.59. The monoisotopic (exact) mass is 261 g/mol. The highest BCUT2D eigenvalue weighted by Gasteiger charge is 2.34. The summed E-state index contributed by atoms with van der Waals surface area (Å²) in [6, 6.07) is 3.84. The molecular formula is C12H14F3NO2. The van der Waals surface area contributed by atoms with Gasteiger partial charge in [-0.25, -0.2) is 4.79 Å². The summed E-state index contributed by atoms with van der Waals surface area (Å²) in [4.78, 5) is 10.9. The number of para-hydroxylation sites is 1. The molecule has 1 unspecified atom stereocenters. The Bertz CT molecular complexity index is 418. The molecule has 0 aliphatic carbocycles. The van der Waals surface area contributed by atoms with E-state index in [2.05, 4.69) is 5.32 Å². The highest BCUT2D eigenvalue weighted by atomic mass is 19.4. The number of alkyl halides is 3. The van der Waals surface area contributed by atoms with Gasteiger partial charge in [0.1, 0.15) is 6.04 Å². The highest BCUT2D eigenvalue weighted by molar-refractivity contribution is 5.77. The van der Waals surface area contributed by atoms with Crippen molar-refractivity contribution in [3.63, 3.8) is 0 Å². The number of benzene rings is 1. The zero-order valence-corrected chi connectivity index (χ0v) is 9.79. The third-order valence-electron chi connectivity index (χ3n) is 2.44. The second-order valence-electron chi connectivity index (χ2n) is 3.87. The van der Waals surface area contributed by atoms with Gasteiger partial charge in [-0.2, -0.15) is 13.2 Å². The van der Waals surface area contributed by atoms with Crippen LogP contribution < -0.4 is 5.32 Å². The molecule has 0 heterocycles. The van der Waals surface area contributed by atoms with Gasteiger partial charge in [-0.15, -0.1) is 0 Å². The molecule has 0 aromatic heterocycles. The number of carbonyl (C=O) groups is 1. The Morgan fingerprint density at radius 3 is 2.50 bits per heavy atom. The second kappa shape index (κ2) is 5.75. The normalized spacial score (nSPS) is 13.1. The minimum atomic E-state index is -4.50. The Kier molecular flexibility index (Phi) is 4.58. The minimum Gasteiger partial charge on any atom is -0.480 e. The van der Waals surface area contributed by atoms with Crippen LogP contribution in [-0.2, 0) is 11.0 Å². The summed E-state index contributed by atoms with van der Waals surface area (Å²) in [6.45, 7) is 1.77. The van der Waals surface area contributed by atoms with Crippen LogP contribution in [0.15, 0.2) is 24.3 Å². The summed E-state index contributed by atoms with van der Waals surface area (Å²) in [5.41, 5.74) is -1.06. The molecule has 0 saturated heterocycles. The largest absolute Gasteiger partial charge is 0.480 e. The molecule has 1 aromatic carbocycles. The standard InChI is InChI=1S/C12H14F3NO2/c1-2-5-10(11(17)18)16-9-7-4-3-6-8(9)12(13,14)15/h3-4,6-7,10,16H,2,5H2,1H3,(H,17,18). The van der Waals surface area contributed by atoms with E-state index in [0.717, 1.165) is 6.07 Å². The van der Waals surface area contributed by atoms with Gasteiger partial charge < -0.3 is 10.4 Å². The first-order chi connectivity index (χ1) is 8.36. The minimum absolute atomic E-state index is 0.203. The maximum absolute atomic E-state index is 12.7. The maximum atomic E-state index is 12.7. The van der Waals surface area contributed by atoms with Crippen LogP contribution in [0.2, 0.25) is 0 Å². The van der Waals surface area contributed by atoms with Gasteiger partial charge in [-0.3, -0.25) is 0 Å². The first-order valence-electron chi connectivity index (χ1n) is 5.51. The number of carboxylic acid groups (broad SMARTS) is 1. The van der Waals surface area contributed by atoms with Crippen molar-refractivity contribution in [1.82, 2.24) is 0 Å². The first-order valence-corrected chi connectivity index (χ1v) is 5.51. The topological polar surface area (TPSA) is 49.3 Å². The van der Waals surface area contributed by atoms with Crippen molar-refractivity contribution in [1.29, 1.82) is 0 Å². The van der Waals surface area contributed by atoms with Crippen LogP contribution in [0.1, 0.15) is 25.3 Å². The van der Waals surface area contributed by atoms with E-state index >= 15 is 0 Å². The summed E-state index contributed by atoms with van der Waals surface area (Å²) in [5.74, 6) is -1.16. The van der Waals surface area contributed by atoms with E-state index in [9.17, 15) is 18.0 Å². The van der Waals surface area contributed by atoms with Gasteiger partial charge in [-0.05, 0) is 18.6 Å². The Balaban J connectivity index is 2.99. The number of hydrogen-bond acceptors (Lipinski definition) is 2. The number of nitrogens with one attached hydrogen (secondary N) is 1. The lowest BCUT2D eigenvalue weighted by atomic mass is 10.1. The predicted molar refractivity (Wildman–Crippen MR) is 61.4 cm³/mol. The number of halogens is 3. The number of anilines is 1. The number of rotatable bonds is 5.